The average Bonchev–Trinajstić information content (AvgIpc) is 3.21. The number of carbonyl (C=O) groups excluding carboxylic acids is 3. The molecule has 1 saturated carbocycles. The quantitative estimate of drug-likeness (QED) is 0.556. The van der Waals surface area contributed by atoms with Gasteiger partial charge in [0.15, 0.2) is 0 Å². The summed E-state index contributed by atoms with van der Waals surface area (Å²) in [7, 11) is 0. The summed E-state index contributed by atoms with van der Waals surface area (Å²) in [6, 6.07) is 8.62. The lowest BCUT2D eigenvalue weighted by Gasteiger charge is -2.36. The van der Waals surface area contributed by atoms with Crippen LogP contribution in [-0.2, 0) is 26.3 Å². The number of benzene rings is 1. The normalized spacial score (nSPS) is 21.8. The van der Waals surface area contributed by atoms with Crippen LogP contribution < -0.4 is 5.32 Å². The number of amides is 3. The summed E-state index contributed by atoms with van der Waals surface area (Å²) in [6.07, 6.45) is 9.15. The Kier molecular flexibility index (Phi) is 8.76. The summed E-state index contributed by atoms with van der Waals surface area (Å²) >= 11 is 0. The van der Waals surface area contributed by atoms with Crippen LogP contribution in [0.15, 0.2) is 35.5 Å². The maximum Gasteiger partial charge on any atom is 0.251 e. The number of likely N-dealkylation sites (tertiary alicyclic amines) is 1. The molecule has 4 rings (SSSR count). The van der Waals surface area contributed by atoms with Gasteiger partial charge in [-0.15, -0.1) is 0 Å². The molecule has 0 spiro atoms. The van der Waals surface area contributed by atoms with Crippen molar-refractivity contribution in [2.75, 3.05) is 13.1 Å². The molecule has 1 aromatic rings. The number of allylic oxidation sites excluding steroid dienone is 1. The maximum absolute atomic E-state index is 13.7. The number of carbonyl (C=O) groups is 3. The molecule has 0 bridgehead atoms. The molecule has 37 heavy (non-hydrogen) atoms. The van der Waals surface area contributed by atoms with E-state index >= 15 is 0 Å². The Morgan fingerprint density at radius 1 is 0.946 bits per heavy atom. The van der Waals surface area contributed by atoms with Crippen LogP contribution in [0.25, 0.3) is 0 Å². The minimum absolute atomic E-state index is 0.0428. The summed E-state index contributed by atoms with van der Waals surface area (Å²) in [5.41, 5.74) is 3.77. The fourth-order valence-corrected chi connectivity index (χ4v) is 5.97. The zero-order valence-electron chi connectivity index (χ0n) is 23.3. The van der Waals surface area contributed by atoms with E-state index in [0.717, 1.165) is 75.7 Å². The third-order valence-electron chi connectivity index (χ3n) is 8.37. The zero-order valence-corrected chi connectivity index (χ0v) is 23.3. The molecular formula is C31H45N3O3. The maximum atomic E-state index is 13.7. The predicted molar refractivity (Wildman–Crippen MR) is 147 cm³/mol. The summed E-state index contributed by atoms with van der Waals surface area (Å²) in [6.45, 7) is 10.4. The Labute approximate surface area is 222 Å². The fraction of sp³-hybridized carbons (Fsp3) is 0.645. The highest BCUT2D eigenvalue weighted by Crippen LogP contribution is 2.33. The average molecular weight is 508 g/mol. The number of nitrogens with one attached hydrogen (secondary N) is 1. The Morgan fingerprint density at radius 3 is 2.16 bits per heavy atom. The molecule has 0 aromatic heterocycles. The Morgan fingerprint density at radius 2 is 1.57 bits per heavy atom. The summed E-state index contributed by atoms with van der Waals surface area (Å²) in [5.74, 6) is -0.585. The van der Waals surface area contributed by atoms with Gasteiger partial charge in [0, 0.05) is 36.8 Å². The van der Waals surface area contributed by atoms with Crippen molar-refractivity contribution in [2.45, 2.75) is 110 Å². The predicted octanol–water partition coefficient (Wildman–Crippen LogP) is 5.46. The molecule has 1 unspecified atom stereocenters. The second kappa shape index (κ2) is 11.8. The third kappa shape index (κ3) is 6.82. The molecule has 202 valence electrons. The highest BCUT2D eigenvalue weighted by atomic mass is 16.2. The molecule has 1 N–H and O–H groups in total. The van der Waals surface area contributed by atoms with E-state index in [4.69, 9.17) is 0 Å². The van der Waals surface area contributed by atoms with Gasteiger partial charge in [-0.25, -0.2) is 0 Å². The highest BCUT2D eigenvalue weighted by Gasteiger charge is 2.38. The van der Waals surface area contributed by atoms with Gasteiger partial charge in [-0.1, -0.05) is 70.7 Å². The number of hydrogen-bond donors (Lipinski definition) is 1. The molecule has 3 aliphatic rings. The van der Waals surface area contributed by atoms with Gasteiger partial charge in [0.1, 0.15) is 0 Å². The van der Waals surface area contributed by atoms with Crippen LogP contribution in [0.1, 0.15) is 103 Å². The number of hydrogen-bond acceptors (Lipinski definition) is 3. The van der Waals surface area contributed by atoms with Crippen molar-refractivity contribution in [3.8, 4) is 0 Å². The number of rotatable bonds is 6. The second-order valence-corrected chi connectivity index (χ2v) is 12.3. The van der Waals surface area contributed by atoms with Gasteiger partial charge in [-0.2, -0.15) is 0 Å². The van der Waals surface area contributed by atoms with Gasteiger partial charge in [-0.3, -0.25) is 14.4 Å². The Balaban J connectivity index is 1.57. The van der Waals surface area contributed by atoms with Crippen LogP contribution in [-0.4, -0.2) is 46.7 Å². The molecule has 6 nitrogen and oxygen atoms in total. The Bertz CT molecular complexity index is 1010. The third-order valence-corrected chi connectivity index (χ3v) is 8.37. The number of nitrogens with zero attached hydrogens (tertiary/aromatic N) is 2. The molecule has 6 heteroatoms. The first-order valence-electron chi connectivity index (χ1n) is 14.3. The van der Waals surface area contributed by atoms with Gasteiger partial charge >= 0.3 is 0 Å². The minimum Gasteiger partial charge on any atom is -0.353 e. The summed E-state index contributed by atoms with van der Waals surface area (Å²) < 4.78 is 0. The molecule has 2 fully saturated rings. The van der Waals surface area contributed by atoms with E-state index in [1.54, 1.807) is 4.90 Å². The van der Waals surface area contributed by atoms with Gasteiger partial charge in [0.25, 0.3) is 5.91 Å². The molecule has 0 radical (unpaired) electrons. The monoisotopic (exact) mass is 507 g/mol. The summed E-state index contributed by atoms with van der Waals surface area (Å²) in [4.78, 5) is 44.1. The molecular weight excluding hydrogens is 462 g/mol. The van der Waals surface area contributed by atoms with Crippen LogP contribution in [0.4, 0.5) is 0 Å². The van der Waals surface area contributed by atoms with Crippen LogP contribution in [0.5, 0.6) is 0 Å². The molecule has 1 aliphatic carbocycles. The van der Waals surface area contributed by atoms with Gasteiger partial charge in [0.2, 0.25) is 11.8 Å². The molecule has 3 amide bonds. The lowest BCUT2D eigenvalue weighted by Crippen LogP contribution is -2.45. The minimum atomic E-state index is -0.509. The van der Waals surface area contributed by atoms with Crippen molar-refractivity contribution < 1.29 is 14.4 Å². The van der Waals surface area contributed by atoms with Gasteiger partial charge in [0.05, 0.1) is 12.5 Å². The molecule has 2 aliphatic heterocycles. The topological polar surface area (TPSA) is 69.7 Å². The molecule has 1 aromatic carbocycles. The van der Waals surface area contributed by atoms with Gasteiger partial charge < -0.3 is 15.1 Å². The van der Waals surface area contributed by atoms with E-state index in [1.807, 2.05) is 11.8 Å². The Hall–Kier alpha value is -2.63. The summed E-state index contributed by atoms with van der Waals surface area (Å²) in [5, 5.41) is 3.14. The second-order valence-electron chi connectivity index (χ2n) is 12.3. The van der Waals surface area contributed by atoms with E-state index in [2.05, 4.69) is 50.4 Å². The van der Waals surface area contributed by atoms with Crippen molar-refractivity contribution in [1.29, 1.82) is 0 Å². The largest absolute Gasteiger partial charge is 0.353 e. The van der Waals surface area contributed by atoms with E-state index < -0.39 is 5.92 Å². The zero-order chi connectivity index (χ0) is 26.6. The van der Waals surface area contributed by atoms with Crippen molar-refractivity contribution >= 4 is 17.7 Å². The SMILES string of the molecule is CC1=C(C(=O)N2CCCCCC2)CC(CC(=O)NC2CCCC2)C(=O)N1Cc1ccc(C(C)(C)C)cc1. The van der Waals surface area contributed by atoms with Crippen molar-refractivity contribution in [1.82, 2.24) is 15.1 Å². The van der Waals surface area contributed by atoms with Crippen molar-refractivity contribution in [3.05, 3.63) is 46.7 Å². The molecule has 1 atom stereocenters. The first-order valence-corrected chi connectivity index (χ1v) is 14.3. The molecule has 1 saturated heterocycles. The van der Waals surface area contributed by atoms with Crippen LogP contribution in [0, 0.1) is 5.92 Å². The standard InChI is InChI=1S/C31H45N3O3/c1-22-27(30(37)33-17-9-5-6-10-18-33)19-24(20-28(35)32-26-11-7-8-12-26)29(36)34(22)21-23-13-15-25(16-14-23)31(2,3)4/h13-16,24,26H,5-12,17-21H2,1-4H3,(H,32,35). The van der Waals surface area contributed by atoms with Crippen LogP contribution >= 0.6 is 0 Å². The highest BCUT2D eigenvalue weighted by molar-refractivity contribution is 5.98. The van der Waals surface area contributed by atoms with E-state index in [-0.39, 0.29) is 35.6 Å². The van der Waals surface area contributed by atoms with Crippen LogP contribution in [0.2, 0.25) is 0 Å². The molecule has 2 heterocycles. The van der Waals surface area contributed by atoms with E-state index in [0.29, 0.717) is 18.5 Å². The lowest BCUT2D eigenvalue weighted by atomic mass is 9.86. The van der Waals surface area contributed by atoms with Gasteiger partial charge in [-0.05, 0) is 55.6 Å². The van der Waals surface area contributed by atoms with Crippen LogP contribution in [0.3, 0.4) is 0 Å². The van der Waals surface area contributed by atoms with E-state index in [9.17, 15) is 14.4 Å². The fourth-order valence-electron chi connectivity index (χ4n) is 5.97. The first-order chi connectivity index (χ1) is 17.6. The van der Waals surface area contributed by atoms with E-state index in [1.165, 1.54) is 5.56 Å². The van der Waals surface area contributed by atoms with Crippen molar-refractivity contribution in [2.24, 2.45) is 5.92 Å². The first kappa shape index (κ1) is 27.4. The lowest BCUT2D eigenvalue weighted by molar-refractivity contribution is -0.139. The smallest absolute Gasteiger partial charge is 0.251 e. The van der Waals surface area contributed by atoms with Crippen molar-refractivity contribution in [3.63, 3.8) is 0 Å².